The standard InChI is InChI=1S/C17H20FN3O2/c1-23-16-5-4-13(9-15(16)18)10-17(22)20-7-2-3-14(11-20)21-8-6-19-12-21/h4-6,8-9,12,14H,2-3,7,10-11H2,1H3/t14-/m0/s1. The minimum atomic E-state index is -0.437. The van der Waals surface area contributed by atoms with Gasteiger partial charge in [0.15, 0.2) is 11.6 Å². The maximum atomic E-state index is 13.7. The van der Waals surface area contributed by atoms with E-state index in [1.54, 1.807) is 24.7 Å². The molecule has 1 amide bonds. The second kappa shape index (κ2) is 6.81. The third-order valence-corrected chi connectivity index (χ3v) is 4.27. The Bertz CT molecular complexity index is 672. The van der Waals surface area contributed by atoms with Gasteiger partial charge >= 0.3 is 0 Å². The summed E-state index contributed by atoms with van der Waals surface area (Å²) in [6.45, 7) is 1.43. The summed E-state index contributed by atoms with van der Waals surface area (Å²) in [6.07, 6.45) is 7.68. The number of amides is 1. The largest absolute Gasteiger partial charge is 0.494 e. The summed E-state index contributed by atoms with van der Waals surface area (Å²) in [7, 11) is 1.42. The third kappa shape index (κ3) is 3.52. The summed E-state index contributed by atoms with van der Waals surface area (Å²) < 4.78 is 20.7. The van der Waals surface area contributed by atoms with Crippen LogP contribution < -0.4 is 4.74 Å². The molecule has 0 saturated carbocycles. The molecule has 0 aliphatic carbocycles. The first-order valence-electron chi connectivity index (χ1n) is 7.75. The van der Waals surface area contributed by atoms with Gasteiger partial charge in [-0.2, -0.15) is 0 Å². The van der Waals surface area contributed by atoms with E-state index >= 15 is 0 Å². The topological polar surface area (TPSA) is 47.4 Å². The van der Waals surface area contributed by atoms with Crippen molar-refractivity contribution in [1.29, 1.82) is 0 Å². The van der Waals surface area contributed by atoms with E-state index in [0.717, 1.165) is 19.4 Å². The van der Waals surface area contributed by atoms with Crippen molar-refractivity contribution in [3.8, 4) is 5.75 Å². The predicted octanol–water partition coefficient (Wildman–Crippen LogP) is 2.44. The number of likely N-dealkylation sites (tertiary alicyclic amines) is 1. The quantitative estimate of drug-likeness (QED) is 0.870. The van der Waals surface area contributed by atoms with E-state index in [1.165, 1.54) is 13.2 Å². The SMILES string of the molecule is COc1ccc(CC(=O)N2CCC[C@H](n3ccnc3)C2)cc1F. The van der Waals surface area contributed by atoms with Crippen LogP contribution in [-0.2, 0) is 11.2 Å². The summed E-state index contributed by atoms with van der Waals surface area (Å²) >= 11 is 0. The minimum absolute atomic E-state index is 0.0272. The van der Waals surface area contributed by atoms with Gasteiger partial charge in [-0.1, -0.05) is 6.07 Å². The van der Waals surface area contributed by atoms with Gasteiger partial charge < -0.3 is 14.2 Å². The molecule has 3 rings (SSSR count). The zero-order valence-corrected chi connectivity index (χ0v) is 13.1. The van der Waals surface area contributed by atoms with Gasteiger partial charge in [0.05, 0.1) is 25.9 Å². The Morgan fingerprint density at radius 1 is 1.48 bits per heavy atom. The Labute approximate surface area is 134 Å². The van der Waals surface area contributed by atoms with E-state index in [2.05, 4.69) is 4.98 Å². The lowest BCUT2D eigenvalue weighted by molar-refractivity contribution is -0.132. The molecule has 2 heterocycles. The first-order chi connectivity index (χ1) is 11.2. The second-order valence-electron chi connectivity index (χ2n) is 5.79. The highest BCUT2D eigenvalue weighted by atomic mass is 19.1. The van der Waals surface area contributed by atoms with Crippen LogP contribution in [0.25, 0.3) is 0 Å². The van der Waals surface area contributed by atoms with Crippen molar-refractivity contribution in [2.24, 2.45) is 0 Å². The van der Waals surface area contributed by atoms with E-state index in [9.17, 15) is 9.18 Å². The summed E-state index contributed by atoms with van der Waals surface area (Å²) in [6, 6.07) is 4.93. The zero-order chi connectivity index (χ0) is 16.2. The van der Waals surface area contributed by atoms with Gasteiger partial charge in [0, 0.05) is 25.5 Å². The van der Waals surface area contributed by atoms with Crippen LogP contribution in [0.4, 0.5) is 4.39 Å². The van der Waals surface area contributed by atoms with E-state index in [1.807, 2.05) is 15.7 Å². The van der Waals surface area contributed by atoms with Crippen molar-refractivity contribution in [3.05, 3.63) is 48.3 Å². The van der Waals surface area contributed by atoms with Crippen molar-refractivity contribution < 1.29 is 13.9 Å². The number of hydrogen-bond acceptors (Lipinski definition) is 3. The molecule has 0 unspecified atom stereocenters. The Balaban J connectivity index is 1.64. The van der Waals surface area contributed by atoms with Gasteiger partial charge in [-0.15, -0.1) is 0 Å². The minimum Gasteiger partial charge on any atom is -0.494 e. The number of piperidine rings is 1. The molecule has 1 atom stereocenters. The number of carbonyl (C=O) groups is 1. The number of carbonyl (C=O) groups excluding carboxylic acids is 1. The number of nitrogens with zero attached hydrogens (tertiary/aromatic N) is 3. The highest BCUT2D eigenvalue weighted by molar-refractivity contribution is 5.79. The average Bonchev–Trinajstić information content (AvgIpc) is 3.10. The number of rotatable bonds is 4. The molecular weight excluding hydrogens is 297 g/mol. The third-order valence-electron chi connectivity index (χ3n) is 4.27. The number of aromatic nitrogens is 2. The van der Waals surface area contributed by atoms with Crippen LogP contribution >= 0.6 is 0 Å². The van der Waals surface area contributed by atoms with Crippen molar-refractivity contribution in [2.75, 3.05) is 20.2 Å². The van der Waals surface area contributed by atoms with Crippen LogP contribution in [-0.4, -0.2) is 40.6 Å². The lowest BCUT2D eigenvalue weighted by Crippen LogP contribution is -2.41. The van der Waals surface area contributed by atoms with Gasteiger partial charge in [-0.25, -0.2) is 9.37 Å². The molecule has 1 saturated heterocycles. The van der Waals surface area contributed by atoms with Crippen molar-refractivity contribution in [1.82, 2.24) is 14.5 Å². The molecule has 1 aliphatic rings. The molecule has 6 heteroatoms. The lowest BCUT2D eigenvalue weighted by Gasteiger charge is -2.33. The van der Waals surface area contributed by atoms with Gasteiger partial charge in [0.1, 0.15) is 0 Å². The fourth-order valence-electron chi connectivity index (χ4n) is 3.02. The molecular formula is C17H20FN3O2. The maximum absolute atomic E-state index is 13.7. The average molecular weight is 317 g/mol. The van der Waals surface area contributed by atoms with E-state index < -0.39 is 5.82 Å². The number of imidazole rings is 1. The number of ether oxygens (including phenoxy) is 1. The molecule has 1 fully saturated rings. The first-order valence-corrected chi connectivity index (χ1v) is 7.75. The van der Waals surface area contributed by atoms with Crippen molar-refractivity contribution in [3.63, 3.8) is 0 Å². The monoisotopic (exact) mass is 317 g/mol. The van der Waals surface area contributed by atoms with Gasteiger partial charge in [-0.3, -0.25) is 4.79 Å². The molecule has 0 bridgehead atoms. The molecule has 0 N–H and O–H groups in total. The van der Waals surface area contributed by atoms with Crippen LogP contribution in [0, 0.1) is 5.82 Å². The molecule has 0 radical (unpaired) electrons. The maximum Gasteiger partial charge on any atom is 0.227 e. The van der Waals surface area contributed by atoms with Crippen LogP contribution in [0.2, 0.25) is 0 Å². The molecule has 1 aliphatic heterocycles. The summed E-state index contributed by atoms with van der Waals surface area (Å²) in [4.78, 5) is 18.4. The smallest absolute Gasteiger partial charge is 0.227 e. The number of benzene rings is 1. The van der Waals surface area contributed by atoms with Gasteiger partial charge in [0.25, 0.3) is 0 Å². The Morgan fingerprint density at radius 2 is 2.35 bits per heavy atom. The highest BCUT2D eigenvalue weighted by Crippen LogP contribution is 2.23. The highest BCUT2D eigenvalue weighted by Gasteiger charge is 2.24. The van der Waals surface area contributed by atoms with Crippen LogP contribution in [0.1, 0.15) is 24.4 Å². The van der Waals surface area contributed by atoms with E-state index in [4.69, 9.17) is 4.74 Å². The summed E-state index contributed by atoms with van der Waals surface area (Å²) in [5.74, 6) is -0.216. The summed E-state index contributed by atoms with van der Waals surface area (Å²) in [5, 5.41) is 0. The van der Waals surface area contributed by atoms with E-state index in [-0.39, 0.29) is 24.1 Å². The predicted molar refractivity (Wildman–Crippen MR) is 83.7 cm³/mol. The van der Waals surface area contributed by atoms with Gasteiger partial charge in [-0.05, 0) is 30.5 Å². The normalized spacial score (nSPS) is 18.0. The fraction of sp³-hybridized carbons (Fsp3) is 0.412. The molecule has 1 aromatic carbocycles. The zero-order valence-electron chi connectivity index (χ0n) is 13.1. The molecule has 122 valence electrons. The van der Waals surface area contributed by atoms with E-state index in [0.29, 0.717) is 12.1 Å². The molecule has 5 nitrogen and oxygen atoms in total. The number of methoxy groups -OCH3 is 1. The van der Waals surface area contributed by atoms with Crippen molar-refractivity contribution in [2.45, 2.75) is 25.3 Å². The van der Waals surface area contributed by atoms with Crippen LogP contribution in [0.5, 0.6) is 5.75 Å². The lowest BCUT2D eigenvalue weighted by atomic mass is 10.0. The Morgan fingerprint density at radius 3 is 3.04 bits per heavy atom. The van der Waals surface area contributed by atoms with Crippen LogP contribution in [0.15, 0.2) is 36.9 Å². The Hall–Kier alpha value is -2.37. The first kappa shape index (κ1) is 15.5. The van der Waals surface area contributed by atoms with Gasteiger partial charge in [0.2, 0.25) is 5.91 Å². The second-order valence-corrected chi connectivity index (χ2v) is 5.79. The fourth-order valence-corrected chi connectivity index (χ4v) is 3.02. The number of halogens is 1. The van der Waals surface area contributed by atoms with Crippen LogP contribution in [0.3, 0.4) is 0 Å². The number of hydrogen-bond donors (Lipinski definition) is 0. The molecule has 2 aromatic rings. The molecule has 23 heavy (non-hydrogen) atoms. The molecule has 0 spiro atoms. The van der Waals surface area contributed by atoms with Crippen molar-refractivity contribution >= 4 is 5.91 Å². The Kier molecular flexibility index (Phi) is 4.60. The summed E-state index contributed by atoms with van der Waals surface area (Å²) in [5.41, 5.74) is 0.665. The molecule has 1 aromatic heterocycles.